The molecular formula is C14H22BrClS. The van der Waals surface area contributed by atoms with E-state index in [1.54, 1.807) is 11.3 Å². The van der Waals surface area contributed by atoms with E-state index in [4.69, 9.17) is 11.6 Å². The molecule has 1 aromatic heterocycles. The van der Waals surface area contributed by atoms with Gasteiger partial charge in [0.1, 0.15) is 0 Å². The second kappa shape index (κ2) is 6.08. The Bertz CT molecular complexity index is 345. The molecule has 0 spiro atoms. The van der Waals surface area contributed by atoms with E-state index in [9.17, 15) is 0 Å². The molecule has 98 valence electrons. The molecule has 2 atom stereocenters. The molecular weight excluding hydrogens is 316 g/mol. The smallest absolute Gasteiger partial charge is 0.0960 e. The van der Waals surface area contributed by atoms with Crippen molar-refractivity contribution in [3.8, 4) is 0 Å². The molecule has 0 aliphatic carbocycles. The molecule has 1 rings (SSSR count). The third-order valence-electron chi connectivity index (χ3n) is 2.76. The highest BCUT2D eigenvalue weighted by Gasteiger charge is 2.20. The van der Waals surface area contributed by atoms with Crippen LogP contribution in [0.15, 0.2) is 6.07 Å². The molecule has 0 fully saturated rings. The second-order valence-corrected chi connectivity index (χ2v) is 8.97. The lowest BCUT2D eigenvalue weighted by Gasteiger charge is -2.24. The van der Waals surface area contributed by atoms with Crippen LogP contribution in [0.25, 0.3) is 0 Å². The van der Waals surface area contributed by atoms with E-state index in [0.29, 0.717) is 10.2 Å². The van der Waals surface area contributed by atoms with Crippen molar-refractivity contribution in [3.05, 3.63) is 20.8 Å². The monoisotopic (exact) mass is 336 g/mol. The molecule has 1 heterocycles. The van der Waals surface area contributed by atoms with Crippen LogP contribution in [-0.2, 0) is 0 Å². The van der Waals surface area contributed by atoms with Crippen molar-refractivity contribution < 1.29 is 0 Å². The Morgan fingerprint density at radius 3 is 2.41 bits per heavy atom. The highest BCUT2D eigenvalue weighted by Crippen LogP contribution is 2.40. The number of thiophene rings is 1. The summed E-state index contributed by atoms with van der Waals surface area (Å²) in [5.74, 6) is 0.723. The maximum Gasteiger partial charge on any atom is 0.0960 e. The molecule has 0 aliphatic heterocycles. The molecule has 0 saturated carbocycles. The normalized spacial score (nSPS) is 15.9. The Labute approximate surface area is 123 Å². The van der Waals surface area contributed by atoms with Gasteiger partial charge < -0.3 is 0 Å². The number of aryl methyl sites for hydroxylation is 1. The van der Waals surface area contributed by atoms with Crippen LogP contribution < -0.4 is 0 Å². The maximum atomic E-state index is 6.11. The molecule has 0 saturated heterocycles. The lowest BCUT2D eigenvalue weighted by molar-refractivity contribution is 0.297. The molecule has 17 heavy (non-hydrogen) atoms. The summed E-state index contributed by atoms with van der Waals surface area (Å²) in [6.07, 6.45) is 2.43. The fourth-order valence-corrected chi connectivity index (χ4v) is 4.50. The van der Waals surface area contributed by atoms with E-state index in [-0.39, 0.29) is 0 Å². The number of hydrogen-bond donors (Lipinski definition) is 0. The van der Waals surface area contributed by atoms with Gasteiger partial charge in [-0.25, -0.2) is 0 Å². The standard InChI is InChI=1S/C14H22BrClS/c1-9(8-14(3,4)5)6-11(15)12-7-10(2)13(16)17-12/h7,9,11H,6,8H2,1-5H3. The van der Waals surface area contributed by atoms with Gasteiger partial charge in [0.25, 0.3) is 0 Å². The number of halogens is 2. The minimum absolute atomic E-state index is 0.412. The fourth-order valence-electron chi connectivity index (χ4n) is 2.24. The Hall–Kier alpha value is 0.470. The highest BCUT2D eigenvalue weighted by atomic mass is 79.9. The minimum atomic E-state index is 0.412. The van der Waals surface area contributed by atoms with Crippen molar-refractivity contribution in [2.24, 2.45) is 11.3 Å². The summed E-state index contributed by atoms with van der Waals surface area (Å²) in [5, 5.41) is 0. The molecule has 1 aromatic rings. The zero-order valence-corrected chi connectivity index (χ0v) is 14.5. The lowest BCUT2D eigenvalue weighted by Crippen LogP contribution is -2.12. The van der Waals surface area contributed by atoms with Crippen LogP contribution in [0.3, 0.4) is 0 Å². The summed E-state index contributed by atoms with van der Waals surface area (Å²) in [6.45, 7) is 11.3. The Morgan fingerprint density at radius 2 is 2.00 bits per heavy atom. The largest absolute Gasteiger partial charge is 0.127 e. The van der Waals surface area contributed by atoms with Crippen LogP contribution in [0.5, 0.6) is 0 Å². The minimum Gasteiger partial charge on any atom is -0.127 e. The van der Waals surface area contributed by atoms with E-state index in [1.807, 2.05) is 0 Å². The average Bonchev–Trinajstić information content (AvgIpc) is 2.43. The summed E-state index contributed by atoms with van der Waals surface area (Å²) < 4.78 is 0.924. The van der Waals surface area contributed by atoms with Gasteiger partial charge in [-0.15, -0.1) is 11.3 Å². The molecule has 0 aliphatic rings. The molecule has 0 aromatic carbocycles. The van der Waals surface area contributed by atoms with Crippen molar-refractivity contribution in [1.29, 1.82) is 0 Å². The first-order chi connectivity index (χ1) is 7.69. The first-order valence-electron chi connectivity index (χ1n) is 6.09. The van der Waals surface area contributed by atoms with Gasteiger partial charge in [0.15, 0.2) is 0 Å². The van der Waals surface area contributed by atoms with Crippen molar-refractivity contribution in [3.63, 3.8) is 0 Å². The van der Waals surface area contributed by atoms with Crippen molar-refractivity contribution in [2.75, 3.05) is 0 Å². The van der Waals surface area contributed by atoms with Gasteiger partial charge in [-0.2, -0.15) is 0 Å². The Kier molecular flexibility index (Phi) is 5.55. The van der Waals surface area contributed by atoms with Gasteiger partial charge >= 0.3 is 0 Å². The summed E-state index contributed by atoms with van der Waals surface area (Å²) in [5.41, 5.74) is 1.61. The zero-order chi connectivity index (χ0) is 13.2. The molecule has 0 radical (unpaired) electrons. The Morgan fingerprint density at radius 1 is 1.41 bits per heavy atom. The predicted octanol–water partition coefficient (Wildman–Crippen LogP) is 6.61. The van der Waals surface area contributed by atoms with Crippen molar-refractivity contribution in [1.82, 2.24) is 0 Å². The van der Waals surface area contributed by atoms with E-state index < -0.39 is 0 Å². The fraction of sp³-hybridized carbons (Fsp3) is 0.714. The predicted molar refractivity (Wildman–Crippen MR) is 83.6 cm³/mol. The SMILES string of the molecule is Cc1cc(C(Br)CC(C)CC(C)(C)C)sc1Cl. The highest BCUT2D eigenvalue weighted by molar-refractivity contribution is 9.09. The van der Waals surface area contributed by atoms with E-state index in [2.05, 4.69) is 56.6 Å². The summed E-state index contributed by atoms with van der Waals surface area (Å²) in [6, 6.07) is 2.20. The average molecular weight is 338 g/mol. The summed E-state index contributed by atoms with van der Waals surface area (Å²) in [7, 11) is 0. The lowest BCUT2D eigenvalue weighted by atomic mass is 9.83. The first kappa shape index (κ1) is 15.5. The summed E-state index contributed by atoms with van der Waals surface area (Å²) in [4.78, 5) is 1.80. The second-order valence-electron chi connectivity index (χ2n) is 6.18. The quantitative estimate of drug-likeness (QED) is 0.542. The van der Waals surface area contributed by atoms with Crippen LogP contribution in [0.2, 0.25) is 4.34 Å². The third-order valence-corrected chi connectivity index (χ3v) is 5.59. The molecule has 2 unspecified atom stereocenters. The van der Waals surface area contributed by atoms with Gasteiger partial charge in [0.2, 0.25) is 0 Å². The van der Waals surface area contributed by atoms with Crippen LogP contribution in [-0.4, -0.2) is 0 Å². The van der Waals surface area contributed by atoms with Gasteiger partial charge in [-0.05, 0) is 42.7 Å². The number of alkyl halides is 1. The van der Waals surface area contributed by atoms with E-state index in [1.165, 1.54) is 23.3 Å². The Balaban J connectivity index is 2.57. The maximum absolute atomic E-state index is 6.11. The van der Waals surface area contributed by atoms with E-state index in [0.717, 1.165) is 10.3 Å². The van der Waals surface area contributed by atoms with Crippen LogP contribution >= 0.6 is 38.9 Å². The molecule has 0 nitrogen and oxygen atoms in total. The van der Waals surface area contributed by atoms with Gasteiger partial charge in [0, 0.05) is 9.70 Å². The topological polar surface area (TPSA) is 0 Å². The molecule has 0 N–H and O–H groups in total. The summed E-state index contributed by atoms with van der Waals surface area (Å²) >= 11 is 11.6. The van der Waals surface area contributed by atoms with Crippen molar-refractivity contribution >= 4 is 38.9 Å². The van der Waals surface area contributed by atoms with Gasteiger partial charge in [-0.3, -0.25) is 0 Å². The number of rotatable bonds is 4. The molecule has 3 heteroatoms. The van der Waals surface area contributed by atoms with Gasteiger partial charge in [0.05, 0.1) is 4.34 Å². The van der Waals surface area contributed by atoms with Crippen LogP contribution in [0.1, 0.15) is 55.8 Å². The number of hydrogen-bond acceptors (Lipinski definition) is 1. The van der Waals surface area contributed by atoms with E-state index >= 15 is 0 Å². The zero-order valence-electron chi connectivity index (χ0n) is 11.3. The molecule has 0 bridgehead atoms. The van der Waals surface area contributed by atoms with Gasteiger partial charge in [-0.1, -0.05) is 55.2 Å². The van der Waals surface area contributed by atoms with Crippen LogP contribution in [0, 0.1) is 18.3 Å². The third kappa shape index (κ3) is 5.32. The van der Waals surface area contributed by atoms with Crippen molar-refractivity contribution in [2.45, 2.75) is 52.3 Å². The first-order valence-corrected chi connectivity index (χ1v) is 8.20. The molecule has 0 amide bonds. The van der Waals surface area contributed by atoms with Crippen LogP contribution in [0.4, 0.5) is 0 Å².